The molecule has 2 rings (SSSR count). The summed E-state index contributed by atoms with van der Waals surface area (Å²) in [5.41, 5.74) is 4.50. The van der Waals surface area contributed by atoms with Gasteiger partial charge in [-0.05, 0) is 6.07 Å². The molecule has 1 aromatic rings. The third kappa shape index (κ3) is 3.66. The minimum Gasteiger partial charge on any atom is -0.756 e. The van der Waals surface area contributed by atoms with Crippen LogP contribution in [0, 0.1) is 0 Å². The zero-order chi connectivity index (χ0) is 15.8. The molecule has 0 saturated carbocycles. The van der Waals surface area contributed by atoms with E-state index in [4.69, 9.17) is 15.4 Å². The first-order chi connectivity index (χ1) is 9.69. The van der Waals surface area contributed by atoms with E-state index >= 15 is 0 Å². The van der Waals surface area contributed by atoms with Gasteiger partial charge >= 0.3 is 5.69 Å². The van der Waals surface area contributed by atoms with Gasteiger partial charge in [0.2, 0.25) is 0 Å². The molecule has 0 amide bonds. The summed E-state index contributed by atoms with van der Waals surface area (Å²) < 4.78 is 20.7. The molecular formula is C9H13N3O8P-. The Kier molecular flexibility index (Phi) is 4.44. The number of aromatic nitrogens is 2. The normalized spacial score (nSPS) is 32.0. The Labute approximate surface area is 117 Å². The predicted molar refractivity (Wildman–Crippen MR) is 64.6 cm³/mol. The van der Waals surface area contributed by atoms with E-state index in [1.807, 2.05) is 0 Å². The van der Waals surface area contributed by atoms with E-state index in [0.29, 0.717) is 0 Å². The summed E-state index contributed by atoms with van der Waals surface area (Å²) in [4.78, 5) is 34.1. The van der Waals surface area contributed by atoms with Crippen molar-refractivity contribution in [2.45, 2.75) is 24.5 Å². The van der Waals surface area contributed by atoms with Crippen molar-refractivity contribution in [3.05, 3.63) is 22.7 Å². The van der Waals surface area contributed by atoms with Gasteiger partial charge in [0.25, 0.3) is 7.82 Å². The Morgan fingerprint density at radius 2 is 2.19 bits per heavy atom. The largest absolute Gasteiger partial charge is 0.756 e. The van der Waals surface area contributed by atoms with Crippen molar-refractivity contribution in [2.24, 2.45) is 0 Å². The maximum Gasteiger partial charge on any atom is 0.351 e. The standard InChI is InChI=1S/C9H14N3O8P/c10-5-1-2-12(9(15)11-5)8-7(14)6(13)4(20-8)3-19-21(16,17)18/h1-2,4,6-8,13-14H,3H2,(H2,10,11,15)(H2,16,17,18)/p-1/t4-,6?,7+,8-/m1/s1. The van der Waals surface area contributed by atoms with E-state index in [1.165, 1.54) is 12.3 Å². The average Bonchev–Trinajstić information content (AvgIpc) is 2.64. The summed E-state index contributed by atoms with van der Waals surface area (Å²) in [6, 6.07) is 1.28. The Morgan fingerprint density at radius 1 is 1.52 bits per heavy atom. The highest BCUT2D eigenvalue weighted by Crippen LogP contribution is 2.34. The molecule has 1 fully saturated rings. The average molecular weight is 322 g/mol. The highest BCUT2D eigenvalue weighted by molar-refractivity contribution is 7.44. The van der Waals surface area contributed by atoms with Crippen LogP contribution in [0.1, 0.15) is 6.23 Å². The second-order valence-electron chi connectivity index (χ2n) is 4.35. The molecule has 0 radical (unpaired) electrons. The van der Waals surface area contributed by atoms with Crippen molar-refractivity contribution in [1.82, 2.24) is 9.55 Å². The van der Waals surface area contributed by atoms with E-state index in [2.05, 4.69) is 9.51 Å². The Hall–Kier alpha value is -1.33. The number of rotatable bonds is 4. The van der Waals surface area contributed by atoms with Crippen LogP contribution in [-0.4, -0.2) is 49.6 Å². The number of nitrogen functional groups attached to an aromatic ring is 1. The van der Waals surface area contributed by atoms with Crippen LogP contribution in [0.2, 0.25) is 0 Å². The van der Waals surface area contributed by atoms with Crippen molar-refractivity contribution in [3.63, 3.8) is 0 Å². The van der Waals surface area contributed by atoms with Crippen LogP contribution in [0.15, 0.2) is 17.1 Å². The zero-order valence-electron chi connectivity index (χ0n) is 10.5. The second-order valence-corrected chi connectivity index (χ2v) is 5.55. The maximum atomic E-state index is 11.6. The molecule has 21 heavy (non-hydrogen) atoms. The number of nitrogens with two attached hydrogens (primary N) is 1. The summed E-state index contributed by atoms with van der Waals surface area (Å²) in [5, 5.41) is 19.6. The van der Waals surface area contributed by atoms with Gasteiger partial charge in [0, 0.05) is 6.20 Å². The van der Waals surface area contributed by atoms with Gasteiger partial charge in [0.1, 0.15) is 24.1 Å². The van der Waals surface area contributed by atoms with E-state index in [9.17, 15) is 24.5 Å². The lowest BCUT2D eigenvalue weighted by Crippen LogP contribution is -2.36. The smallest absolute Gasteiger partial charge is 0.351 e. The first-order valence-electron chi connectivity index (χ1n) is 5.73. The molecule has 12 heteroatoms. The highest BCUT2D eigenvalue weighted by Gasteiger charge is 2.44. The fraction of sp³-hybridized carbons (Fsp3) is 0.556. The Bertz CT molecular complexity index is 615. The zero-order valence-corrected chi connectivity index (χ0v) is 11.4. The number of anilines is 1. The molecule has 1 aromatic heterocycles. The monoisotopic (exact) mass is 322 g/mol. The molecule has 0 aromatic carbocycles. The summed E-state index contributed by atoms with van der Waals surface area (Å²) in [5.74, 6) is -0.0308. The number of aliphatic hydroxyl groups is 2. The Morgan fingerprint density at radius 3 is 2.76 bits per heavy atom. The molecule has 5 N–H and O–H groups in total. The van der Waals surface area contributed by atoms with Crippen molar-refractivity contribution in [2.75, 3.05) is 12.3 Å². The number of nitrogens with zero attached hydrogens (tertiary/aromatic N) is 2. The van der Waals surface area contributed by atoms with Crippen LogP contribution in [0.3, 0.4) is 0 Å². The first-order valence-corrected chi connectivity index (χ1v) is 7.23. The van der Waals surface area contributed by atoms with Gasteiger partial charge < -0.3 is 35.0 Å². The van der Waals surface area contributed by atoms with Crippen LogP contribution < -0.4 is 16.3 Å². The fourth-order valence-electron chi connectivity index (χ4n) is 1.88. The van der Waals surface area contributed by atoms with Gasteiger partial charge in [0.15, 0.2) is 6.23 Å². The molecule has 0 aliphatic carbocycles. The second kappa shape index (κ2) is 5.81. The number of aliphatic hydroxyl groups excluding tert-OH is 2. The molecule has 5 atom stereocenters. The van der Waals surface area contributed by atoms with E-state index in [0.717, 1.165) is 4.57 Å². The molecule has 2 unspecified atom stereocenters. The molecule has 0 spiro atoms. The van der Waals surface area contributed by atoms with E-state index in [-0.39, 0.29) is 5.82 Å². The molecule has 11 nitrogen and oxygen atoms in total. The number of phosphoric acid groups is 1. The van der Waals surface area contributed by atoms with Crippen LogP contribution in [0.4, 0.5) is 5.82 Å². The lowest BCUT2D eigenvalue weighted by Gasteiger charge is -2.20. The minimum atomic E-state index is -4.99. The van der Waals surface area contributed by atoms with Crippen molar-refractivity contribution in [1.29, 1.82) is 0 Å². The molecule has 1 aliphatic rings. The van der Waals surface area contributed by atoms with E-state index in [1.54, 1.807) is 0 Å². The maximum absolute atomic E-state index is 11.6. The van der Waals surface area contributed by atoms with Gasteiger partial charge in [-0.2, -0.15) is 4.98 Å². The van der Waals surface area contributed by atoms with Gasteiger partial charge in [-0.15, -0.1) is 0 Å². The third-order valence-electron chi connectivity index (χ3n) is 2.86. The van der Waals surface area contributed by atoms with Crippen LogP contribution in [0.5, 0.6) is 0 Å². The van der Waals surface area contributed by atoms with Crippen LogP contribution in [-0.2, 0) is 13.8 Å². The fourth-order valence-corrected chi connectivity index (χ4v) is 2.22. The van der Waals surface area contributed by atoms with Crippen molar-refractivity contribution < 1.29 is 33.8 Å². The summed E-state index contributed by atoms with van der Waals surface area (Å²) in [6.07, 6.45) is -4.39. The number of hydrogen-bond acceptors (Lipinski definition) is 9. The molecule has 2 heterocycles. The predicted octanol–water partition coefficient (Wildman–Crippen LogP) is -3.08. The minimum absolute atomic E-state index is 0.0308. The van der Waals surface area contributed by atoms with Gasteiger partial charge in [0.05, 0.1) is 6.61 Å². The quantitative estimate of drug-likeness (QED) is 0.415. The first kappa shape index (κ1) is 16.0. The molecule has 118 valence electrons. The highest BCUT2D eigenvalue weighted by atomic mass is 31.2. The van der Waals surface area contributed by atoms with Crippen LogP contribution >= 0.6 is 7.82 Å². The lowest BCUT2D eigenvalue weighted by atomic mass is 10.1. The third-order valence-corrected chi connectivity index (χ3v) is 3.34. The molecule has 0 bridgehead atoms. The SMILES string of the molecule is Nc1ccn([C@@H]2O[C@H](COP(=O)([O-])O)C(O)[C@@H]2O)c(=O)n1. The van der Waals surface area contributed by atoms with Gasteiger partial charge in [-0.1, -0.05) is 0 Å². The summed E-state index contributed by atoms with van der Waals surface area (Å²) in [6.45, 7) is -0.719. The Balaban J connectivity index is 2.16. The van der Waals surface area contributed by atoms with E-state index < -0.39 is 44.7 Å². The lowest BCUT2D eigenvalue weighted by molar-refractivity contribution is -0.222. The number of phosphoric ester groups is 1. The van der Waals surface area contributed by atoms with Crippen LogP contribution in [0.25, 0.3) is 0 Å². The molecular weight excluding hydrogens is 309 g/mol. The summed E-state index contributed by atoms with van der Waals surface area (Å²) in [7, 11) is -4.99. The number of ether oxygens (including phenoxy) is 1. The van der Waals surface area contributed by atoms with Crippen molar-refractivity contribution >= 4 is 13.6 Å². The van der Waals surface area contributed by atoms with Crippen molar-refractivity contribution in [3.8, 4) is 0 Å². The van der Waals surface area contributed by atoms with Gasteiger partial charge in [-0.25, -0.2) is 4.79 Å². The molecule has 1 saturated heterocycles. The molecule has 1 aliphatic heterocycles. The summed E-state index contributed by atoms with van der Waals surface area (Å²) >= 11 is 0. The number of hydrogen-bond donors (Lipinski definition) is 4. The van der Waals surface area contributed by atoms with Gasteiger partial charge in [-0.3, -0.25) is 9.13 Å². The topological polar surface area (TPSA) is 180 Å².